The fourth-order valence-electron chi connectivity index (χ4n) is 2.74. The summed E-state index contributed by atoms with van der Waals surface area (Å²) in [6.45, 7) is 1.67. The van der Waals surface area contributed by atoms with Gasteiger partial charge in [0.15, 0.2) is 0 Å². The first-order chi connectivity index (χ1) is 10.1. The van der Waals surface area contributed by atoms with Gasteiger partial charge in [0, 0.05) is 17.8 Å². The van der Waals surface area contributed by atoms with Crippen LogP contribution in [0, 0.1) is 6.92 Å². The van der Waals surface area contributed by atoms with E-state index in [2.05, 4.69) is 10.3 Å². The number of aromatic nitrogens is 2. The molecule has 21 heavy (non-hydrogen) atoms. The van der Waals surface area contributed by atoms with E-state index in [-0.39, 0.29) is 30.1 Å². The first-order valence-corrected chi connectivity index (χ1v) is 7.52. The van der Waals surface area contributed by atoms with Gasteiger partial charge in [0.1, 0.15) is 6.54 Å². The van der Waals surface area contributed by atoms with Gasteiger partial charge in [0.05, 0.1) is 7.11 Å². The van der Waals surface area contributed by atoms with Crippen molar-refractivity contribution in [2.24, 2.45) is 0 Å². The number of aryl methyl sites for hydroxylation is 1. The molecule has 1 aliphatic rings. The Bertz CT molecular complexity index is 546. The van der Waals surface area contributed by atoms with Crippen LogP contribution in [0.15, 0.2) is 10.9 Å². The number of carbonyl (C=O) groups excluding carboxylic acids is 1. The van der Waals surface area contributed by atoms with Crippen LogP contribution in [0.4, 0.5) is 0 Å². The molecule has 1 saturated carbocycles. The van der Waals surface area contributed by atoms with Gasteiger partial charge in [0.2, 0.25) is 5.91 Å². The third kappa shape index (κ3) is 4.31. The van der Waals surface area contributed by atoms with Crippen molar-refractivity contribution in [3.8, 4) is 6.01 Å². The van der Waals surface area contributed by atoms with Crippen molar-refractivity contribution in [2.75, 3.05) is 7.11 Å². The summed E-state index contributed by atoms with van der Waals surface area (Å²) in [6, 6.07) is 1.80. The Balaban J connectivity index is 2.03. The number of ether oxygens (including phenoxy) is 1. The lowest BCUT2D eigenvalue weighted by Gasteiger charge is -2.17. The first kappa shape index (κ1) is 15.5. The fourth-order valence-corrected chi connectivity index (χ4v) is 2.74. The number of carbonyl (C=O) groups is 1. The summed E-state index contributed by atoms with van der Waals surface area (Å²) in [5.41, 5.74) is 0.313. The predicted molar refractivity (Wildman–Crippen MR) is 79.4 cm³/mol. The molecule has 0 spiro atoms. The third-order valence-electron chi connectivity index (χ3n) is 3.81. The molecule has 116 valence electrons. The largest absolute Gasteiger partial charge is 0.468 e. The Hall–Kier alpha value is -1.85. The summed E-state index contributed by atoms with van der Waals surface area (Å²) < 4.78 is 6.35. The maximum Gasteiger partial charge on any atom is 0.299 e. The van der Waals surface area contributed by atoms with Crippen molar-refractivity contribution in [3.63, 3.8) is 0 Å². The normalized spacial score (nSPS) is 16.3. The van der Waals surface area contributed by atoms with Gasteiger partial charge in [-0.05, 0) is 19.8 Å². The van der Waals surface area contributed by atoms with Crippen LogP contribution >= 0.6 is 0 Å². The van der Waals surface area contributed by atoms with Crippen LogP contribution in [-0.2, 0) is 11.3 Å². The van der Waals surface area contributed by atoms with Gasteiger partial charge in [-0.15, -0.1) is 0 Å². The summed E-state index contributed by atoms with van der Waals surface area (Å²) in [5, 5.41) is 3.02. The van der Waals surface area contributed by atoms with Crippen LogP contribution in [0.3, 0.4) is 0 Å². The van der Waals surface area contributed by atoms with E-state index in [1.54, 1.807) is 6.92 Å². The van der Waals surface area contributed by atoms with Crippen molar-refractivity contribution >= 4 is 5.91 Å². The van der Waals surface area contributed by atoms with E-state index in [1.165, 1.54) is 30.6 Å². The van der Waals surface area contributed by atoms with Gasteiger partial charge in [-0.3, -0.25) is 14.2 Å². The highest BCUT2D eigenvalue weighted by Gasteiger charge is 2.17. The van der Waals surface area contributed by atoms with Crippen LogP contribution in [0.2, 0.25) is 0 Å². The van der Waals surface area contributed by atoms with Gasteiger partial charge in [-0.25, -0.2) is 4.98 Å². The van der Waals surface area contributed by atoms with Crippen LogP contribution in [0.1, 0.15) is 44.2 Å². The summed E-state index contributed by atoms with van der Waals surface area (Å²) >= 11 is 0. The lowest BCUT2D eigenvalue weighted by molar-refractivity contribution is -0.122. The monoisotopic (exact) mass is 293 g/mol. The number of nitrogens with zero attached hydrogens (tertiary/aromatic N) is 2. The Morgan fingerprint density at radius 3 is 2.67 bits per heavy atom. The average Bonchev–Trinajstić information content (AvgIpc) is 2.70. The smallest absolute Gasteiger partial charge is 0.299 e. The average molecular weight is 293 g/mol. The fraction of sp³-hybridized carbons (Fsp3) is 0.667. The molecular weight excluding hydrogens is 270 g/mol. The standard InChI is InChI=1S/C15H23N3O3/c1-11-9-14(20)18(15(16-11)21-2)10-13(19)17-12-7-5-3-4-6-8-12/h9,12H,3-8,10H2,1-2H3,(H,17,19). The maximum absolute atomic E-state index is 12.1. The summed E-state index contributed by atoms with van der Waals surface area (Å²) in [5.74, 6) is -0.159. The highest BCUT2D eigenvalue weighted by Crippen LogP contribution is 2.17. The second kappa shape index (κ2) is 7.24. The SMILES string of the molecule is COc1nc(C)cc(=O)n1CC(=O)NC1CCCCCC1. The van der Waals surface area contributed by atoms with Gasteiger partial charge in [-0.1, -0.05) is 25.7 Å². The molecule has 1 fully saturated rings. The third-order valence-corrected chi connectivity index (χ3v) is 3.81. The second-order valence-corrected chi connectivity index (χ2v) is 5.56. The summed E-state index contributed by atoms with van der Waals surface area (Å²) in [4.78, 5) is 28.2. The maximum atomic E-state index is 12.1. The summed E-state index contributed by atoms with van der Waals surface area (Å²) in [7, 11) is 1.45. The Morgan fingerprint density at radius 1 is 1.38 bits per heavy atom. The topological polar surface area (TPSA) is 73.2 Å². The molecule has 6 nitrogen and oxygen atoms in total. The number of nitrogens with one attached hydrogen (secondary N) is 1. The zero-order valence-electron chi connectivity index (χ0n) is 12.7. The molecule has 1 aromatic rings. The molecule has 0 atom stereocenters. The van der Waals surface area contributed by atoms with E-state index in [1.807, 2.05) is 0 Å². The van der Waals surface area contributed by atoms with Gasteiger partial charge >= 0.3 is 0 Å². The number of rotatable bonds is 4. The molecule has 0 bridgehead atoms. The number of hydrogen-bond acceptors (Lipinski definition) is 4. The van der Waals surface area contributed by atoms with E-state index in [0.29, 0.717) is 5.69 Å². The molecule has 1 amide bonds. The quantitative estimate of drug-likeness (QED) is 0.852. The molecule has 0 saturated heterocycles. The molecule has 6 heteroatoms. The Morgan fingerprint density at radius 2 is 2.05 bits per heavy atom. The Labute approximate surface area is 124 Å². The molecule has 0 aliphatic heterocycles. The number of methoxy groups -OCH3 is 1. The van der Waals surface area contributed by atoms with Gasteiger partial charge in [-0.2, -0.15) is 0 Å². The molecule has 1 aliphatic carbocycles. The molecule has 1 heterocycles. The first-order valence-electron chi connectivity index (χ1n) is 7.52. The zero-order chi connectivity index (χ0) is 15.2. The van der Waals surface area contributed by atoms with Gasteiger partial charge in [0.25, 0.3) is 11.6 Å². The van der Waals surface area contributed by atoms with E-state index in [4.69, 9.17) is 4.74 Å². The van der Waals surface area contributed by atoms with E-state index < -0.39 is 0 Å². The van der Waals surface area contributed by atoms with E-state index in [0.717, 1.165) is 25.7 Å². The molecule has 1 aromatic heterocycles. The van der Waals surface area contributed by atoms with Crippen LogP contribution < -0.4 is 15.6 Å². The minimum absolute atomic E-state index is 0.0498. The van der Waals surface area contributed by atoms with E-state index in [9.17, 15) is 9.59 Å². The molecule has 0 unspecified atom stereocenters. The second-order valence-electron chi connectivity index (χ2n) is 5.56. The molecule has 0 radical (unpaired) electrons. The van der Waals surface area contributed by atoms with Crippen molar-refractivity contribution in [1.82, 2.24) is 14.9 Å². The highest BCUT2D eigenvalue weighted by atomic mass is 16.5. The number of hydrogen-bond donors (Lipinski definition) is 1. The molecular formula is C15H23N3O3. The van der Waals surface area contributed by atoms with Crippen LogP contribution in [0.5, 0.6) is 6.01 Å². The molecule has 0 aromatic carbocycles. The number of amides is 1. The van der Waals surface area contributed by atoms with Crippen molar-refractivity contribution < 1.29 is 9.53 Å². The lowest BCUT2D eigenvalue weighted by Crippen LogP contribution is -2.39. The predicted octanol–water partition coefficient (Wildman–Crippen LogP) is 1.40. The molecule has 2 rings (SSSR count). The van der Waals surface area contributed by atoms with Crippen molar-refractivity contribution in [3.05, 3.63) is 22.1 Å². The lowest BCUT2D eigenvalue weighted by atomic mass is 10.1. The summed E-state index contributed by atoms with van der Waals surface area (Å²) in [6.07, 6.45) is 6.82. The van der Waals surface area contributed by atoms with E-state index >= 15 is 0 Å². The zero-order valence-corrected chi connectivity index (χ0v) is 12.7. The van der Waals surface area contributed by atoms with Crippen molar-refractivity contribution in [1.29, 1.82) is 0 Å². The minimum Gasteiger partial charge on any atom is -0.468 e. The van der Waals surface area contributed by atoms with Gasteiger partial charge < -0.3 is 10.1 Å². The Kier molecular flexibility index (Phi) is 5.36. The molecule has 1 N–H and O–H groups in total. The van der Waals surface area contributed by atoms with Crippen LogP contribution in [-0.4, -0.2) is 28.6 Å². The minimum atomic E-state index is -0.268. The van der Waals surface area contributed by atoms with Crippen LogP contribution in [0.25, 0.3) is 0 Å². The highest BCUT2D eigenvalue weighted by molar-refractivity contribution is 5.76. The van der Waals surface area contributed by atoms with Crippen molar-refractivity contribution in [2.45, 2.75) is 58.0 Å².